The predicted octanol–water partition coefficient (Wildman–Crippen LogP) is 0.737. The Labute approximate surface area is 112 Å². The van der Waals surface area contributed by atoms with Crippen molar-refractivity contribution in [3.63, 3.8) is 0 Å². The van der Waals surface area contributed by atoms with Crippen molar-refractivity contribution in [2.24, 2.45) is 0 Å². The minimum atomic E-state index is -0.667. The van der Waals surface area contributed by atoms with Gasteiger partial charge in [-0.05, 0) is 25.5 Å². The quantitative estimate of drug-likeness (QED) is 0.772. The zero-order valence-electron chi connectivity index (χ0n) is 10.5. The summed E-state index contributed by atoms with van der Waals surface area (Å²) < 4.78 is 26.9. The number of H-pyrrole nitrogens is 2. The number of benzene rings is 1. The highest BCUT2D eigenvalue weighted by molar-refractivity contribution is 5.90. The molecule has 2 rings (SSSR count). The molecule has 0 aliphatic carbocycles. The molecular formula is C12H12F2N4O2. The molecule has 106 valence electrons. The molecule has 1 aromatic carbocycles. The van der Waals surface area contributed by atoms with Crippen LogP contribution in [0.4, 0.5) is 8.78 Å². The number of hydrogen-bond donors (Lipinski definition) is 3. The summed E-state index contributed by atoms with van der Waals surface area (Å²) in [5.74, 6) is -2.15. The number of hydrogen-bond acceptors (Lipinski definition) is 3. The molecule has 3 N–H and O–H groups in total. The fourth-order valence-electron chi connectivity index (χ4n) is 1.75. The molecule has 8 heteroatoms. The number of carbonyl (C=O) groups excluding carboxylic acids is 1. The molecule has 0 bridgehead atoms. The second-order valence-electron chi connectivity index (χ2n) is 4.31. The van der Waals surface area contributed by atoms with E-state index in [2.05, 4.69) is 15.4 Å². The van der Waals surface area contributed by atoms with Crippen molar-refractivity contribution < 1.29 is 13.6 Å². The molecule has 1 atom stereocenters. The summed E-state index contributed by atoms with van der Waals surface area (Å²) in [6, 6.07) is 3.04. The lowest BCUT2D eigenvalue weighted by molar-refractivity contribution is 0.0929. The monoisotopic (exact) mass is 282 g/mol. The zero-order valence-corrected chi connectivity index (χ0v) is 10.5. The fourth-order valence-corrected chi connectivity index (χ4v) is 1.75. The molecule has 1 heterocycles. The van der Waals surface area contributed by atoms with E-state index in [0.29, 0.717) is 0 Å². The predicted molar refractivity (Wildman–Crippen MR) is 66.2 cm³/mol. The number of aromatic amines is 2. The van der Waals surface area contributed by atoms with Gasteiger partial charge in [0, 0.05) is 11.6 Å². The number of carbonyl (C=O) groups is 1. The van der Waals surface area contributed by atoms with Gasteiger partial charge in [0.1, 0.15) is 11.6 Å². The lowest BCUT2D eigenvalue weighted by Crippen LogP contribution is -2.35. The molecule has 1 unspecified atom stereocenters. The highest BCUT2D eigenvalue weighted by Gasteiger charge is 2.16. The van der Waals surface area contributed by atoms with Crippen LogP contribution >= 0.6 is 0 Å². The van der Waals surface area contributed by atoms with Gasteiger partial charge >= 0.3 is 5.69 Å². The van der Waals surface area contributed by atoms with Gasteiger partial charge in [0.2, 0.25) is 5.82 Å². The summed E-state index contributed by atoms with van der Waals surface area (Å²) in [6.07, 6.45) is -0.0150. The molecule has 0 aliphatic rings. The third kappa shape index (κ3) is 3.08. The maximum Gasteiger partial charge on any atom is 0.341 e. The summed E-state index contributed by atoms with van der Waals surface area (Å²) in [5.41, 5.74) is -0.709. The van der Waals surface area contributed by atoms with E-state index < -0.39 is 29.3 Å². The van der Waals surface area contributed by atoms with Crippen molar-refractivity contribution in [3.05, 3.63) is 51.7 Å². The van der Waals surface area contributed by atoms with Gasteiger partial charge in [-0.15, -0.1) is 5.10 Å². The lowest BCUT2D eigenvalue weighted by atomic mass is 10.1. The third-order valence-electron chi connectivity index (χ3n) is 2.67. The molecule has 6 nitrogen and oxygen atoms in total. The summed E-state index contributed by atoms with van der Waals surface area (Å²) >= 11 is 0. The maximum atomic E-state index is 13.5. The van der Waals surface area contributed by atoms with Crippen LogP contribution in [0.15, 0.2) is 23.0 Å². The molecule has 1 amide bonds. The SMILES string of the molecule is CC(Cc1c(F)cccc1F)NC(=O)c1n[nH]c(=O)[nH]1. The smallest absolute Gasteiger partial charge is 0.341 e. The van der Waals surface area contributed by atoms with E-state index in [-0.39, 0.29) is 17.8 Å². The molecule has 0 fully saturated rings. The van der Waals surface area contributed by atoms with E-state index in [1.165, 1.54) is 6.07 Å². The van der Waals surface area contributed by atoms with Gasteiger partial charge < -0.3 is 5.32 Å². The van der Waals surface area contributed by atoms with Crippen LogP contribution in [0.1, 0.15) is 23.1 Å². The van der Waals surface area contributed by atoms with Gasteiger partial charge in [0.15, 0.2) is 0 Å². The van der Waals surface area contributed by atoms with Crippen molar-refractivity contribution in [2.75, 3.05) is 0 Å². The van der Waals surface area contributed by atoms with Gasteiger partial charge in [-0.2, -0.15) is 0 Å². The molecule has 20 heavy (non-hydrogen) atoms. The first-order valence-electron chi connectivity index (χ1n) is 5.86. The number of nitrogens with zero attached hydrogens (tertiary/aromatic N) is 1. The Morgan fingerprint density at radius 1 is 1.40 bits per heavy atom. The minimum absolute atomic E-state index is 0.0150. The topological polar surface area (TPSA) is 90.6 Å². The van der Waals surface area contributed by atoms with Crippen molar-refractivity contribution in [3.8, 4) is 0 Å². The first-order chi connectivity index (χ1) is 9.47. The standard InChI is InChI=1S/C12H12F2N4O2/c1-6(5-7-8(13)3-2-4-9(7)14)15-11(19)10-16-12(20)18-17-10/h2-4,6H,5H2,1H3,(H,15,19)(H2,16,17,18,20). The van der Waals surface area contributed by atoms with E-state index in [1.54, 1.807) is 6.92 Å². The number of halogens is 2. The largest absolute Gasteiger partial charge is 0.347 e. The van der Waals surface area contributed by atoms with Crippen LogP contribution in [0.3, 0.4) is 0 Å². The van der Waals surface area contributed by atoms with Crippen LogP contribution in [0.25, 0.3) is 0 Å². The molecule has 0 aliphatic heterocycles. The van der Waals surface area contributed by atoms with Crippen molar-refractivity contribution in [1.29, 1.82) is 0 Å². The van der Waals surface area contributed by atoms with Gasteiger partial charge in [0.05, 0.1) is 0 Å². The van der Waals surface area contributed by atoms with Gasteiger partial charge in [0.25, 0.3) is 5.91 Å². The summed E-state index contributed by atoms with van der Waals surface area (Å²) in [6.45, 7) is 1.59. The highest BCUT2D eigenvalue weighted by atomic mass is 19.1. The Balaban J connectivity index is 2.04. The number of aromatic nitrogens is 3. The van der Waals surface area contributed by atoms with E-state index in [4.69, 9.17) is 0 Å². The summed E-state index contributed by atoms with van der Waals surface area (Å²) in [4.78, 5) is 24.7. The van der Waals surface area contributed by atoms with Gasteiger partial charge in [-0.3, -0.25) is 9.78 Å². The first kappa shape index (κ1) is 13.9. The third-order valence-corrected chi connectivity index (χ3v) is 2.67. The van der Waals surface area contributed by atoms with Crippen LogP contribution < -0.4 is 11.0 Å². The number of amides is 1. The van der Waals surface area contributed by atoms with Crippen molar-refractivity contribution >= 4 is 5.91 Å². The molecule has 0 saturated heterocycles. The highest BCUT2D eigenvalue weighted by Crippen LogP contribution is 2.14. The molecule has 0 saturated carbocycles. The van der Waals surface area contributed by atoms with E-state index in [9.17, 15) is 18.4 Å². The Morgan fingerprint density at radius 3 is 2.60 bits per heavy atom. The van der Waals surface area contributed by atoms with Crippen LogP contribution in [0, 0.1) is 11.6 Å². The Hall–Kier alpha value is -2.51. The van der Waals surface area contributed by atoms with Crippen LogP contribution in [0.5, 0.6) is 0 Å². The van der Waals surface area contributed by atoms with E-state index in [0.717, 1.165) is 12.1 Å². The molecule has 0 spiro atoms. The molecule has 2 aromatic rings. The van der Waals surface area contributed by atoms with Crippen LogP contribution in [0.2, 0.25) is 0 Å². The Bertz CT molecular complexity index is 660. The molecule has 1 aromatic heterocycles. The average Bonchev–Trinajstić information content (AvgIpc) is 2.81. The molecule has 0 radical (unpaired) electrons. The fraction of sp³-hybridized carbons (Fsp3) is 0.250. The van der Waals surface area contributed by atoms with Crippen LogP contribution in [-0.4, -0.2) is 27.1 Å². The Kier molecular flexibility index (Phi) is 3.92. The first-order valence-corrected chi connectivity index (χ1v) is 5.86. The summed E-state index contributed by atoms with van der Waals surface area (Å²) in [5, 5.41) is 7.99. The van der Waals surface area contributed by atoms with Gasteiger partial charge in [-0.25, -0.2) is 18.7 Å². The second-order valence-corrected chi connectivity index (χ2v) is 4.31. The number of nitrogens with one attached hydrogen (secondary N) is 3. The zero-order chi connectivity index (χ0) is 14.7. The number of rotatable bonds is 4. The van der Waals surface area contributed by atoms with E-state index >= 15 is 0 Å². The van der Waals surface area contributed by atoms with Gasteiger partial charge in [-0.1, -0.05) is 6.07 Å². The second kappa shape index (κ2) is 5.64. The molecular weight excluding hydrogens is 270 g/mol. The van der Waals surface area contributed by atoms with Crippen molar-refractivity contribution in [2.45, 2.75) is 19.4 Å². The normalized spacial score (nSPS) is 12.2. The van der Waals surface area contributed by atoms with Crippen molar-refractivity contribution in [1.82, 2.24) is 20.5 Å². The maximum absolute atomic E-state index is 13.5. The summed E-state index contributed by atoms with van der Waals surface area (Å²) in [7, 11) is 0. The lowest BCUT2D eigenvalue weighted by Gasteiger charge is -2.13. The van der Waals surface area contributed by atoms with Crippen LogP contribution in [-0.2, 0) is 6.42 Å². The minimum Gasteiger partial charge on any atom is -0.347 e. The average molecular weight is 282 g/mol. The van der Waals surface area contributed by atoms with E-state index in [1.807, 2.05) is 5.10 Å². The Morgan fingerprint density at radius 2 is 2.05 bits per heavy atom.